The lowest BCUT2D eigenvalue weighted by Gasteiger charge is -2.21. The van der Waals surface area contributed by atoms with Gasteiger partial charge in [0.2, 0.25) is 0 Å². The minimum atomic E-state index is -0.126. The normalized spacial score (nSPS) is 12.2. The molecule has 1 atom stereocenters. The summed E-state index contributed by atoms with van der Waals surface area (Å²) in [5.74, 6) is 0.235. The van der Waals surface area contributed by atoms with Gasteiger partial charge in [0.1, 0.15) is 11.3 Å². The van der Waals surface area contributed by atoms with Crippen LogP contribution in [0.5, 0.6) is 5.75 Å². The van der Waals surface area contributed by atoms with Crippen LogP contribution in [0.15, 0.2) is 85.1 Å². The van der Waals surface area contributed by atoms with Crippen molar-refractivity contribution in [1.82, 2.24) is 10.3 Å². The maximum Gasteiger partial charge on any atom is 0.146 e. The number of rotatable bonds is 5. The van der Waals surface area contributed by atoms with Crippen molar-refractivity contribution in [3.8, 4) is 5.75 Å². The topological polar surface area (TPSA) is 45.2 Å². The smallest absolute Gasteiger partial charge is 0.146 e. The van der Waals surface area contributed by atoms with Crippen LogP contribution in [0.2, 0.25) is 0 Å². The molecule has 1 heterocycles. The van der Waals surface area contributed by atoms with Crippen molar-refractivity contribution in [3.05, 3.63) is 107 Å². The molecule has 0 saturated carbocycles. The van der Waals surface area contributed by atoms with E-state index < -0.39 is 0 Å². The Morgan fingerprint density at radius 3 is 2.44 bits per heavy atom. The summed E-state index contributed by atoms with van der Waals surface area (Å²) in [6, 6.07) is 26.4. The molecule has 0 bridgehead atoms. The summed E-state index contributed by atoms with van der Waals surface area (Å²) in [5.41, 5.74) is 5.03. The van der Waals surface area contributed by atoms with E-state index in [0.717, 1.165) is 16.5 Å². The van der Waals surface area contributed by atoms with Crippen LogP contribution in [-0.2, 0) is 6.54 Å². The van der Waals surface area contributed by atoms with E-state index in [-0.39, 0.29) is 11.8 Å². The SMILES string of the molecule is Cc1ccc(CNC(c2ccccc2)c2ccc3cccnc3c2O)cc1. The molecule has 3 nitrogen and oxygen atoms in total. The number of hydrogen-bond acceptors (Lipinski definition) is 3. The highest BCUT2D eigenvalue weighted by molar-refractivity contribution is 5.85. The van der Waals surface area contributed by atoms with Gasteiger partial charge in [-0.05, 0) is 24.1 Å². The van der Waals surface area contributed by atoms with Crippen LogP contribution in [0.3, 0.4) is 0 Å². The zero-order chi connectivity index (χ0) is 18.6. The van der Waals surface area contributed by atoms with E-state index in [9.17, 15) is 5.11 Å². The molecule has 134 valence electrons. The van der Waals surface area contributed by atoms with Crippen LogP contribution in [0.25, 0.3) is 10.9 Å². The first-order valence-corrected chi connectivity index (χ1v) is 9.13. The molecule has 0 radical (unpaired) electrons. The second kappa shape index (κ2) is 7.60. The fourth-order valence-electron chi connectivity index (χ4n) is 3.36. The summed E-state index contributed by atoms with van der Waals surface area (Å²) in [6.07, 6.45) is 1.71. The molecule has 4 aromatic rings. The Bertz CT molecular complexity index is 1040. The number of phenolic OH excluding ortho intramolecular Hbond substituents is 1. The summed E-state index contributed by atoms with van der Waals surface area (Å²) in [4.78, 5) is 4.37. The highest BCUT2D eigenvalue weighted by Crippen LogP contribution is 2.34. The van der Waals surface area contributed by atoms with Gasteiger partial charge in [0, 0.05) is 23.7 Å². The van der Waals surface area contributed by atoms with Crippen molar-refractivity contribution in [1.29, 1.82) is 0 Å². The zero-order valence-electron chi connectivity index (χ0n) is 15.3. The molecule has 2 N–H and O–H groups in total. The number of aryl methyl sites for hydroxylation is 1. The highest BCUT2D eigenvalue weighted by atomic mass is 16.3. The first-order chi connectivity index (χ1) is 13.2. The molecule has 4 rings (SSSR count). The Labute approximate surface area is 159 Å². The van der Waals surface area contributed by atoms with Gasteiger partial charge in [-0.2, -0.15) is 0 Å². The fraction of sp³-hybridized carbons (Fsp3) is 0.125. The van der Waals surface area contributed by atoms with Crippen molar-refractivity contribution in [2.24, 2.45) is 0 Å². The third kappa shape index (κ3) is 3.69. The minimum Gasteiger partial charge on any atom is -0.505 e. The molecule has 3 aromatic carbocycles. The lowest BCUT2D eigenvalue weighted by atomic mass is 9.96. The van der Waals surface area contributed by atoms with Crippen LogP contribution >= 0.6 is 0 Å². The van der Waals surface area contributed by atoms with Crippen LogP contribution in [-0.4, -0.2) is 10.1 Å². The Kier molecular flexibility index (Phi) is 4.86. The summed E-state index contributed by atoms with van der Waals surface area (Å²) < 4.78 is 0. The van der Waals surface area contributed by atoms with Crippen LogP contribution < -0.4 is 5.32 Å². The molecule has 0 aliphatic rings. The van der Waals surface area contributed by atoms with Gasteiger partial charge >= 0.3 is 0 Å². The van der Waals surface area contributed by atoms with E-state index in [4.69, 9.17) is 0 Å². The van der Waals surface area contributed by atoms with Gasteiger partial charge in [-0.3, -0.25) is 4.98 Å². The second-order valence-electron chi connectivity index (χ2n) is 6.79. The van der Waals surface area contributed by atoms with Crippen LogP contribution in [0.4, 0.5) is 0 Å². The van der Waals surface area contributed by atoms with Gasteiger partial charge in [0.15, 0.2) is 0 Å². The Morgan fingerprint density at radius 2 is 1.67 bits per heavy atom. The number of pyridine rings is 1. The number of benzene rings is 3. The Balaban J connectivity index is 1.72. The number of nitrogens with zero attached hydrogens (tertiary/aromatic N) is 1. The summed E-state index contributed by atoms with van der Waals surface area (Å²) in [5, 5.41) is 15.5. The average molecular weight is 354 g/mol. The molecule has 1 aromatic heterocycles. The molecule has 0 amide bonds. The molecular weight excluding hydrogens is 332 g/mol. The quantitative estimate of drug-likeness (QED) is 0.522. The van der Waals surface area contributed by atoms with Gasteiger partial charge in [-0.25, -0.2) is 0 Å². The second-order valence-corrected chi connectivity index (χ2v) is 6.79. The van der Waals surface area contributed by atoms with E-state index in [1.807, 2.05) is 42.5 Å². The number of aromatic nitrogens is 1. The summed E-state index contributed by atoms with van der Waals surface area (Å²) in [6.45, 7) is 2.80. The van der Waals surface area contributed by atoms with Crippen LogP contribution in [0.1, 0.15) is 28.3 Å². The predicted molar refractivity (Wildman–Crippen MR) is 110 cm³/mol. The van der Waals surface area contributed by atoms with E-state index in [1.165, 1.54) is 11.1 Å². The third-order valence-corrected chi connectivity index (χ3v) is 4.85. The van der Waals surface area contributed by atoms with Crippen molar-refractivity contribution in [2.45, 2.75) is 19.5 Å². The van der Waals surface area contributed by atoms with Crippen molar-refractivity contribution in [2.75, 3.05) is 0 Å². The molecule has 0 saturated heterocycles. The molecule has 27 heavy (non-hydrogen) atoms. The van der Waals surface area contributed by atoms with Crippen LogP contribution in [0, 0.1) is 6.92 Å². The standard InChI is InChI=1S/C24H22N2O/c1-17-9-11-18(12-10-17)16-26-22(19-6-3-2-4-7-19)21-14-13-20-8-5-15-25-23(20)24(21)27/h2-15,22,26-27H,16H2,1H3. The molecule has 1 unspecified atom stereocenters. The van der Waals surface area contributed by atoms with E-state index in [1.54, 1.807) is 6.20 Å². The molecule has 0 fully saturated rings. The lowest BCUT2D eigenvalue weighted by Crippen LogP contribution is -2.22. The van der Waals surface area contributed by atoms with Crippen molar-refractivity contribution >= 4 is 10.9 Å². The molecular formula is C24H22N2O. The number of fused-ring (bicyclic) bond motifs is 1. The lowest BCUT2D eigenvalue weighted by molar-refractivity contribution is 0.462. The maximum atomic E-state index is 10.9. The van der Waals surface area contributed by atoms with Gasteiger partial charge in [0.25, 0.3) is 0 Å². The average Bonchev–Trinajstić information content (AvgIpc) is 2.72. The summed E-state index contributed by atoms with van der Waals surface area (Å²) >= 11 is 0. The van der Waals surface area contributed by atoms with Gasteiger partial charge in [-0.15, -0.1) is 0 Å². The maximum absolute atomic E-state index is 10.9. The zero-order valence-corrected chi connectivity index (χ0v) is 15.3. The van der Waals surface area contributed by atoms with Gasteiger partial charge < -0.3 is 10.4 Å². The summed E-state index contributed by atoms with van der Waals surface area (Å²) in [7, 11) is 0. The predicted octanol–water partition coefficient (Wildman–Crippen LogP) is 5.13. The van der Waals surface area contributed by atoms with Gasteiger partial charge in [-0.1, -0.05) is 78.4 Å². The van der Waals surface area contributed by atoms with E-state index in [0.29, 0.717) is 12.1 Å². The van der Waals surface area contributed by atoms with E-state index in [2.05, 4.69) is 53.6 Å². The highest BCUT2D eigenvalue weighted by Gasteiger charge is 2.19. The molecule has 0 aliphatic carbocycles. The largest absolute Gasteiger partial charge is 0.505 e. The first kappa shape index (κ1) is 17.3. The van der Waals surface area contributed by atoms with Crippen molar-refractivity contribution < 1.29 is 5.11 Å². The molecule has 0 spiro atoms. The minimum absolute atomic E-state index is 0.126. The first-order valence-electron chi connectivity index (χ1n) is 9.13. The van der Waals surface area contributed by atoms with E-state index >= 15 is 0 Å². The molecule has 3 heteroatoms. The van der Waals surface area contributed by atoms with Crippen molar-refractivity contribution in [3.63, 3.8) is 0 Å². The number of aromatic hydroxyl groups is 1. The fourth-order valence-corrected chi connectivity index (χ4v) is 3.36. The Hall–Kier alpha value is -3.17. The monoisotopic (exact) mass is 354 g/mol. The Morgan fingerprint density at radius 1 is 0.889 bits per heavy atom. The third-order valence-electron chi connectivity index (χ3n) is 4.85. The van der Waals surface area contributed by atoms with Gasteiger partial charge in [0.05, 0.1) is 6.04 Å². The molecule has 0 aliphatic heterocycles. The number of phenols is 1. The number of hydrogen-bond donors (Lipinski definition) is 2. The number of nitrogens with one attached hydrogen (secondary N) is 1.